The van der Waals surface area contributed by atoms with E-state index >= 15 is 0 Å². The van der Waals surface area contributed by atoms with Crippen molar-refractivity contribution in [2.24, 2.45) is 17.3 Å². The lowest BCUT2D eigenvalue weighted by molar-refractivity contribution is -0.137. The largest absolute Gasteiger partial charge is 0.481 e. The van der Waals surface area contributed by atoms with E-state index in [1.54, 1.807) is 13.0 Å². The van der Waals surface area contributed by atoms with Gasteiger partial charge >= 0.3 is 23.5 Å². The molecule has 30 heteroatoms. The number of aromatic nitrogens is 4. The zero-order chi connectivity index (χ0) is 48.0. The summed E-state index contributed by atoms with van der Waals surface area (Å²) in [6.07, 6.45) is -3.32. The van der Waals surface area contributed by atoms with Gasteiger partial charge in [0.05, 0.1) is 25.5 Å². The molecule has 360 valence electrons. The number of carbonyl (C=O) groups excluding carboxylic acids is 3. The van der Waals surface area contributed by atoms with Crippen molar-refractivity contribution in [3.05, 3.63) is 36.5 Å². The molecule has 1 aliphatic heterocycles. The van der Waals surface area contributed by atoms with Crippen molar-refractivity contribution in [1.82, 2.24) is 30.2 Å². The fourth-order valence-corrected chi connectivity index (χ4v) is 10.0. The number of imidazole rings is 1. The predicted molar refractivity (Wildman–Crippen MR) is 224 cm³/mol. The van der Waals surface area contributed by atoms with E-state index < -0.39 is 102 Å². The Morgan fingerprint density at radius 3 is 2.34 bits per heavy atom. The molecule has 2 aromatic rings. The van der Waals surface area contributed by atoms with Gasteiger partial charge in [-0.1, -0.05) is 52.5 Å². The van der Waals surface area contributed by atoms with Crippen LogP contribution in [0.4, 0.5) is 5.82 Å². The summed E-state index contributed by atoms with van der Waals surface area (Å²) in [5.74, 6) is -1.80. The van der Waals surface area contributed by atoms with Gasteiger partial charge in [-0.05, 0) is 30.1 Å². The molecule has 1 aliphatic carbocycles. The molecule has 5 unspecified atom stereocenters. The van der Waals surface area contributed by atoms with Gasteiger partial charge in [0.15, 0.2) is 22.8 Å². The molecule has 1 fully saturated rings. The van der Waals surface area contributed by atoms with E-state index in [9.17, 15) is 68.1 Å². The number of hydrogen-bond acceptors (Lipinski definition) is 20. The quantitative estimate of drug-likeness (QED) is 0.0513. The van der Waals surface area contributed by atoms with Gasteiger partial charge in [-0.15, -0.1) is 0 Å². The van der Waals surface area contributed by atoms with Gasteiger partial charge in [-0.3, -0.25) is 32.5 Å². The van der Waals surface area contributed by atoms with Crippen LogP contribution in [0, 0.1) is 17.3 Å². The van der Waals surface area contributed by atoms with Crippen molar-refractivity contribution in [3.8, 4) is 0 Å². The summed E-state index contributed by atoms with van der Waals surface area (Å²) in [5.41, 5.74) is 3.35. The fourth-order valence-electron chi connectivity index (χ4n) is 6.40. The number of nitrogen functional groups attached to an aromatic ring is 1. The van der Waals surface area contributed by atoms with Crippen LogP contribution in [0.25, 0.3) is 11.2 Å². The van der Waals surface area contributed by atoms with Crippen LogP contribution in [0.2, 0.25) is 0 Å². The summed E-state index contributed by atoms with van der Waals surface area (Å²) >= 11 is 0.965. The molecule has 2 aromatic heterocycles. The Morgan fingerprint density at radius 1 is 1.03 bits per heavy atom. The van der Waals surface area contributed by atoms with Gasteiger partial charge < -0.3 is 61.1 Å². The first-order valence-electron chi connectivity index (χ1n) is 19.4. The Hall–Kier alpha value is -3.04. The van der Waals surface area contributed by atoms with Crippen LogP contribution < -0.4 is 16.4 Å². The van der Waals surface area contributed by atoms with Gasteiger partial charge in [0.2, 0.25) is 11.8 Å². The standard InChI is InChI=1S/C34H54N7O19P3S/c1-18(2)13-34(48)8-6-20(12-22(34)42)19(3)32(47)64-11-10-36-23(43)7-9-37-30(46)27(45)33(4,5)15-57-63(54,55)60-62(52,53)56-14-21-26(59-61(49,50)51)25(44)31(58-21)41-17-40-24-28(35)38-16-39-29(24)41/h6,8,12,16-19,21-22,25-27,31,42,44-45,48H,7,9-11,13-15H2,1-5H3,(H,36,43)(H,37,46)(H,52,53)(H,54,55)(H2,35,38,39)(H2,49,50,51)/t19?,21-,22?,25-,26-,27+,31-,34?/m1/s1. The molecular weight excluding hydrogens is 935 g/mol. The second kappa shape index (κ2) is 21.7. The molecule has 4 rings (SSSR count). The Bertz CT molecular complexity index is 2210. The smallest absolute Gasteiger partial charge is 0.386 e. The molecule has 2 amide bonds. The Morgan fingerprint density at radius 2 is 1.70 bits per heavy atom. The van der Waals surface area contributed by atoms with E-state index in [1.807, 2.05) is 13.8 Å². The third-order valence-electron chi connectivity index (χ3n) is 9.76. The van der Waals surface area contributed by atoms with Crippen LogP contribution in [0.5, 0.6) is 0 Å². The number of allylic oxidation sites excluding steroid dienone is 2. The zero-order valence-electron chi connectivity index (χ0n) is 35.1. The van der Waals surface area contributed by atoms with Crippen molar-refractivity contribution >= 4 is 69.1 Å². The highest BCUT2D eigenvalue weighted by Gasteiger charge is 2.50. The molecule has 0 spiro atoms. The molecular formula is C34H54N7O19P3S. The zero-order valence-corrected chi connectivity index (χ0v) is 38.6. The average Bonchev–Trinajstić information content (AvgIpc) is 3.75. The van der Waals surface area contributed by atoms with E-state index in [4.69, 9.17) is 19.5 Å². The minimum absolute atomic E-state index is 0.0211. The summed E-state index contributed by atoms with van der Waals surface area (Å²) in [4.78, 5) is 88.9. The van der Waals surface area contributed by atoms with Gasteiger partial charge in [-0.2, -0.15) is 4.31 Å². The molecule has 0 radical (unpaired) electrons. The molecule has 64 heavy (non-hydrogen) atoms. The summed E-state index contributed by atoms with van der Waals surface area (Å²) in [6, 6.07) is 0. The molecule has 10 atom stereocenters. The molecule has 2 aliphatic rings. The highest BCUT2D eigenvalue weighted by Crippen LogP contribution is 2.61. The van der Waals surface area contributed by atoms with E-state index in [0.29, 0.717) is 12.0 Å². The second-order valence-corrected chi connectivity index (χ2v) is 21.3. The minimum atomic E-state index is -5.60. The van der Waals surface area contributed by atoms with E-state index in [-0.39, 0.29) is 53.3 Å². The third-order valence-corrected chi connectivity index (χ3v) is 13.9. The van der Waals surface area contributed by atoms with E-state index in [1.165, 1.54) is 26.0 Å². The van der Waals surface area contributed by atoms with Crippen molar-refractivity contribution in [1.29, 1.82) is 0 Å². The minimum Gasteiger partial charge on any atom is -0.386 e. The molecule has 1 saturated heterocycles. The number of hydrogen-bond donors (Lipinski definition) is 11. The number of nitrogens with two attached hydrogens (primary N) is 1. The number of thioether (sulfide) groups is 1. The normalized spacial score (nSPS) is 25.7. The number of aliphatic hydroxyl groups is 4. The van der Waals surface area contributed by atoms with Crippen LogP contribution in [-0.4, -0.2) is 145 Å². The number of anilines is 1. The predicted octanol–water partition coefficient (Wildman–Crippen LogP) is -0.0649. The maximum Gasteiger partial charge on any atom is 0.481 e. The highest BCUT2D eigenvalue weighted by molar-refractivity contribution is 8.13. The van der Waals surface area contributed by atoms with Crippen LogP contribution >= 0.6 is 35.2 Å². The third kappa shape index (κ3) is 14.7. The number of aliphatic hydroxyl groups excluding tert-OH is 3. The molecule has 12 N–H and O–H groups in total. The molecule has 3 heterocycles. The van der Waals surface area contributed by atoms with Gasteiger partial charge in [0.25, 0.3) is 0 Å². The van der Waals surface area contributed by atoms with Gasteiger partial charge in [0, 0.05) is 30.7 Å². The SMILES string of the molecule is CC(C)CC1(O)C=CC(C(C)C(=O)SCCNC(=O)CCNC(=O)[C@H](O)C(C)(C)COP(=O)(O)OP(=O)(O)OC[C@H]2O[C@@H](n3cnc4c(N)ncnc43)[C@H](O)[C@@H]2OP(=O)(O)O)=CC1O. The Balaban J connectivity index is 1.19. The number of ether oxygens (including phenoxy) is 1. The number of nitrogens with zero attached hydrogens (tertiary/aromatic N) is 4. The van der Waals surface area contributed by atoms with Crippen molar-refractivity contribution in [2.45, 2.75) is 89.8 Å². The lowest BCUT2D eigenvalue weighted by atomic mass is 9.81. The summed E-state index contributed by atoms with van der Waals surface area (Å²) < 4.78 is 62.3. The summed E-state index contributed by atoms with van der Waals surface area (Å²) in [5, 5.41) is 47.4. The van der Waals surface area contributed by atoms with Crippen LogP contribution in [-0.2, 0) is 50.7 Å². The maximum atomic E-state index is 12.7. The lowest BCUT2D eigenvalue weighted by Gasteiger charge is -2.33. The van der Waals surface area contributed by atoms with Crippen LogP contribution in [0.3, 0.4) is 0 Å². The number of amides is 2. The number of phosphoric acid groups is 3. The molecule has 0 saturated carbocycles. The highest BCUT2D eigenvalue weighted by atomic mass is 32.2. The number of nitrogens with one attached hydrogen (secondary N) is 2. The Labute approximate surface area is 370 Å². The van der Waals surface area contributed by atoms with Gasteiger partial charge in [0.1, 0.15) is 48.0 Å². The average molecular weight is 990 g/mol. The lowest BCUT2D eigenvalue weighted by Crippen LogP contribution is -2.46. The maximum absolute atomic E-state index is 12.7. The number of carbonyl (C=O) groups is 3. The second-order valence-electron chi connectivity index (χ2n) is 16.0. The van der Waals surface area contributed by atoms with Gasteiger partial charge in [-0.25, -0.2) is 28.6 Å². The molecule has 0 bridgehead atoms. The molecule has 0 aromatic carbocycles. The van der Waals surface area contributed by atoms with Crippen LogP contribution in [0.15, 0.2) is 36.5 Å². The van der Waals surface area contributed by atoms with E-state index in [0.717, 1.165) is 29.0 Å². The topological polar surface area (TPSA) is 404 Å². The fraction of sp³-hybridized carbons (Fsp3) is 0.647. The van der Waals surface area contributed by atoms with Crippen molar-refractivity contribution in [3.63, 3.8) is 0 Å². The number of phosphoric ester groups is 3. The first-order chi connectivity index (χ1) is 29.5. The molecule has 26 nitrogen and oxygen atoms in total. The monoisotopic (exact) mass is 989 g/mol. The Kier molecular flexibility index (Phi) is 18.2. The number of fused-ring (bicyclic) bond motifs is 1. The summed E-state index contributed by atoms with van der Waals surface area (Å²) in [7, 11) is -16.5. The first kappa shape index (κ1) is 53.6. The van der Waals surface area contributed by atoms with E-state index in [2.05, 4.69) is 34.4 Å². The number of rotatable bonds is 23. The van der Waals surface area contributed by atoms with Crippen molar-refractivity contribution in [2.75, 3.05) is 37.8 Å². The van der Waals surface area contributed by atoms with Crippen LogP contribution in [0.1, 0.15) is 53.7 Å². The summed E-state index contributed by atoms with van der Waals surface area (Å²) in [6.45, 7) is 5.76. The first-order valence-corrected chi connectivity index (χ1v) is 24.9. The van der Waals surface area contributed by atoms with Crippen molar-refractivity contribution < 1.29 is 90.7 Å².